The highest BCUT2D eigenvalue weighted by molar-refractivity contribution is 6.30. The van der Waals surface area contributed by atoms with Gasteiger partial charge in [0, 0.05) is 18.1 Å². The first kappa shape index (κ1) is 13.0. The molecule has 1 aromatic rings. The maximum absolute atomic E-state index is 11.3. The maximum atomic E-state index is 11.3. The highest BCUT2D eigenvalue weighted by Gasteiger charge is 2.14. The highest BCUT2D eigenvalue weighted by atomic mass is 35.5. The summed E-state index contributed by atoms with van der Waals surface area (Å²) in [7, 11) is 1.63. The number of nitrogens with one attached hydrogen (secondary N) is 2. The number of benzene rings is 1. The van der Waals surface area contributed by atoms with Crippen LogP contribution in [0.2, 0.25) is 5.02 Å². The quantitative estimate of drug-likeness (QED) is 0.847. The van der Waals surface area contributed by atoms with Gasteiger partial charge in [-0.15, -0.1) is 0 Å². The zero-order chi connectivity index (χ0) is 12.1. The molecule has 4 heteroatoms. The lowest BCUT2D eigenvalue weighted by Gasteiger charge is -2.19. The van der Waals surface area contributed by atoms with Crippen LogP contribution in [-0.2, 0) is 4.79 Å². The van der Waals surface area contributed by atoms with Crippen molar-refractivity contribution < 1.29 is 4.79 Å². The molecule has 16 heavy (non-hydrogen) atoms. The van der Waals surface area contributed by atoms with E-state index in [0.29, 0.717) is 5.02 Å². The number of halogens is 1. The van der Waals surface area contributed by atoms with E-state index in [0.717, 1.165) is 5.56 Å². The van der Waals surface area contributed by atoms with E-state index >= 15 is 0 Å². The molecular formula is C12H17ClN2O. The summed E-state index contributed by atoms with van der Waals surface area (Å²) in [5.74, 6) is -0.0196. The van der Waals surface area contributed by atoms with E-state index in [4.69, 9.17) is 11.6 Å². The summed E-state index contributed by atoms with van der Waals surface area (Å²) in [4.78, 5) is 11.3. The van der Waals surface area contributed by atoms with Crippen LogP contribution in [0.3, 0.4) is 0 Å². The smallest absolute Gasteiger partial charge is 0.236 e. The van der Waals surface area contributed by atoms with Gasteiger partial charge in [-0.3, -0.25) is 10.1 Å². The lowest BCUT2D eigenvalue weighted by molar-refractivity contribution is -0.122. The van der Waals surface area contributed by atoms with Gasteiger partial charge in [-0.25, -0.2) is 0 Å². The minimum Gasteiger partial charge on any atom is -0.358 e. The van der Waals surface area contributed by atoms with Crippen LogP contribution in [-0.4, -0.2) is 19.0 Å². The lowest BCUT2D eigenvalue weighted by Crippen LogP contribution is -2.41. The van der Waals surface area contributed by atoms with E-state index in [1.165, 1.54) is 0 Å². The number of carbonyl (C=O) groups excluding carboxylic acids is 1. The molecule has 0 aliphatic heterocycles. The summed E-state index contributed by atoms with van der Waals surface area (Å²) in [6, 6.07) is 7.49. The first-order chi connectivity index (χ1) is 7.54. The second-order valence-electron chi connectivity index (χ2n) is 3.78. The molecule has 3 nitrogen and oxygen atoms in total. The Morgan fingerprint density at radius 1 is 1.38 bits per heavy atom. The predicted molar refractivity (Wildman–Crippen MR) is 66.5 cm³/mol. The molecule has 0 saturated carbocycles. The van der Waals surface area contributed by atoms with Crippen LogP contribution < -0.4 is 10.6 Å². The van der Waals surface area contributed by atoms with Crippen LogP contribution in [0.5, 0.6) is 0 Å². The van der Waals surface area contributed by atoms with E-state index in [9.17, 15) is 4.79 Å². The van der Waals surface area contributed by atoms with Crippen molar-refractivity contribution >= 4 is 17.5 Å². The fourth-order valence-electron chi connectivity index (χ4n) is 1.54. The molecule has 0 bridgehead atoms. The average molecular weight is 241 g/mol. The van der Waals surface area contributed by atoms with Crippen LogP contribution in [0.4, 0.5) is 0 Å². The molecule has 0 saturated heterocycles. The summed E-state index contributed by atoms with van der Waals surface area (Å²) >= 11 is 5.91. The number of hydrogen-bond acceptors (Lipinski definition) is 2. The number of amides is 1. The molecule has 0 heterocycles. The minimum atomic E-state index is -0.223. The van der Waals surface area contributed by atoms with Crippen LogP contribution >= 0.6 is 11.6 Å². The molecule has 0 aromatic heterocycles. The number of rotatable bonds is 4. The molecule has 2 atom stereocenters. The Balaban J connectivity index is 2.65. The summed E-state index contributed by atoms with van der Waals surface area (Å²) in [6.45, 7) is 3.84. The number of carbonyl (C=O) groups is 1. The highest BCUT2D eigenvalue weighted by Crippen LogP contribution is 2.17. The first-order valence-corrected chi connectivity index (χ1v) is 5.65. The Bertz CT molecular complexity index is 368. The Labute approximate surface area is 101 Å². The second-order valence-corrected chi connectivity index (χ2v) is 4.22. The van der Waals surface area contributed by atoms with Gasteiger partial charge in [-0.05, 0) is 31.5 Å². The molecule has 0 fully saturated rings. The Morgan fingerprint density at radius 2 is 2.06 bits per heavy atom. The predicted octanol–water partition coefficient (Wildman–Crippen LogP) is 2.13. The third kappa shape index (κ3) is 3.51. The van der Waals surface area contributed by atoms with Gasteiger partial charge in [-0.1, -0.05) is 23.7 Å². The van der Waals surface area contributed by atoms with Gasteiger partial charge in [0.1, 0.15) is 0 Å². The van der Waals surface area contributed by atoms with Gasteiger partial charge < -0.3 is 5.32 Å². The molecule has 1 rings (SSSR count). The molecule has 0 aliphatic rings. The standard InChI is InChI=1S/C12H17ClN2O/c1-8(15-9(2)12(16)14-3)10-5-4-6-11(13)7-10/h4-9,15H,1-3H3,(H,14,16)/t8-,9+/m1/s1. The Hall–Kier alpha value is -1.06. The van der Waals surface area contributed by atoms with Crippen molar-refractivity contribution in [3.05, 3.63) is 34.9 Å². The van der Waals surface area contributed by atoms with E-state index < -0.39 is 0 Å². The van der Waals surface area contributed by atoms with E-state index in [-0.39, 0.29) is 18.0 Å². The summed E-state index contributed by atoms with van der Waals surface area (Å²) in [6.07, 6.45) is 0. The van der Waals surface area contributed by atoms with Gasteiger partial charge in [0.2, 0.25) is 5.91 Å². The second kappa shape index (κ2) is 5.87. The normalized spacial score (nSPS) is 14.2. The topological polar surface area (TPSA) is 41.1 Å². The largest absolute Gasteiger partial charge is 0.358 e. The summed E-state index contributed by atoms with van der Waals surface area (Å²) in [5, 5.41) is 6.52. The van der Waals surface area contributed by atoms with E-state index in [2.05, 4.69) is 10.6 Å². The SMILES string of the molecule is CNC(=O)[C@H](C)N[C@H](C)c1cccc(Cl)c1. The molecule has 2 N–H and O–H groups in total. The molecule has 0 aliphatic carbocycles. The van der Waals surface area contributed by atoms with Crippen molar-refractivity contribution in [1.29, 1.82) is 0 Å². The van der Waals surface area contributed by atoms with Crippen LogP contribution in [0.15, 0.2) is 24.3 Å². The van der Waals surface area contributed by atoms with Gasteiger partial charge in [0.25, 0.3) is 0 Å². The Morgan fingerprint density at radius 3 is 2.62 bits per heavy atom. The fourth-order valence-corrected chi connectivity index (χ4v) is 1.74. The van der Waals surface area contributed by atoms with Gasteiger partial charge in [0.05, 0.1) is 6.04 Å². The molecule has 0 spiro atoms. The van der Waals surface area contributed by atoms with Gasteiger partial charge in [0.15, 0.2) is 0 Å². The zero-order valence-corrected chi connectivity index (χ0v) is 10.5. The molecule has 0 radical (unpaired) electrons. The van der Waals surface area contributed by atoms with Crippen LogP contribution in [0.25, 0.3) is 0 Å². The summed E-state index contributed by atoms with van der Waals surface area (Å²) in [5.41, 5.74) is 1.07. The third-order valence-electron chi connectivity index (χ3n) is 2.49. The van der Waals surface area contributed by atoms with Crippen LogP contribution in [0, 0.1) is 0 Å². The number of likely N-dealkylation sites (N-methyl/N-ethyl adjacent to an activating group) is 1. The van der Waals surface area contributed by atoms with E-state index in [1.54, 1.807) is 7.05 Å². The average Bonchev–Trinajstić information content (AvgIpc) is 2.27. The minimum absolute atomic E-state index is 0.0196. The van der Waals surface area contributed by atoms with Crippen molar-refractivity contribution in [2.24, 2.45) is 0 Å². The molecule has 0 unspecified atom stereocenters. The monoisotopic (exact) mass is 240 g/mol. The molecular weight excluding hydrogens is 224 g/mol. The van der Waals surface area contributed by atoms with Crippen molar-refractivity contribution in [2.45, 2.75) is 25.9 Å². The zero-order valence-electron chi connectivity index (χ0n) is 9.75. The fraction of sp³-hybridized carbons (Fsp3) is 0.417. The molecule has 1 aromatic carbocycles. The molecule has 1 amide bonds. The van der Waals surface area contributed by atoms with Crippen LogP contribution in [0.1, 0.15) is 25.5 Å². The van der Waals surface area contributed by atoms with Gasteiger partial charge in [-0.2, -0.15) is 0 Å². The Kier molecular flexibility index (Phi) is 4.77. The number of hydrogen-bond donors (Lipinski definition) is 2. The first-order valence-electron chi connectivity index (χ1n) is 5.27. The molecule has 88 valence electrons. The van der Waals surface area contributed by atoms with Gasteiger partial charge >= 0.3 is 0 Å². The van der Waals surface area contributed by atoms with E-state index in [1.807, 2.05) is 38.1 Å². The summed E-state index contributed by atoms with van der Waals surface area (Å²) < 4.78 is 0. The third-order valence-corrected chi connectivity index (χ3v) is 2.72. The van der Waals surface area contributed by atoms with Crippen molar-refractivity contribution in [1.82, 2.24) is 10.6 Å². The van der Waals surface area contributed by atoms with Crippen molar-refractivity contribution in [3.8, 4) is 0 Å². The maximum Gasteiger partial charge on any atom is 0.236 e. The lowest BCUT2D eigenvalue weighted by atomic mass is 10.1. The van der Waals surface area contributed by atoms with Crippen molar-refractivity contribution in [3.63, 3.8) is 0 Å². The van der Waals surface area contributed by atoms with Crippen molar-refractivity contribution in [2.75, 3.05) is 7.05 Å².